The van der Waals surface area contributed by atoms with Crippen molar-refractivity contribution in [3.05, 3.63) is 51.8 Å². The third-order valence-corrected chi connectivity index (χ3v) is 3.64. The predicted octanol–water partition coefficient (Wildman–Crippen LogP) is 3.90. The van der Waals surface area contributed by atoms with Crippen molar-refractivity contribution in [2.75, 3.05) is 0 Å². The number of rotatable bonds is 3. The third kappa shape index (κ3) is 5.06. The summed E-state index contributed by atoms with van der Waals surface area (Å²) in [6.07, 6.45) is -4.96. The van der Waals surface area contributed by atoms with Gasteiger partial charge in [0.25, 0.3) is 0 Å². The van der Waals surface area contributed by atoms with Crippen LogP contribution in [0.2, 0.25) is 0 Å². The maximum Gasteiger partial charge on any atom is 0.416 e. The number of guanidine groups is 2. The molecular formula is C15H10BrF6N5O. The Morgan fingerprint density at radius 3 is 2.00 bits per heavy atom. The molecule has 6 nitrogen and oxygen atoms in total. The SMILES string of the molecule is NC(N)=NC(N)=Nc1cc(Oc2c(F)cc(C(F)(F)F)cc2F)c(Br)cc1F. The van der Waals surface area contributed by atoms with E-state index < -0.39 is 52.5 Å². The number of benzene rings is 2. The van der Waals surface area contributed by atoms with E-state index in [1.807, 2.05) is 0 Å². The van der Waals surface area contributed by atoms with Crippen LogP contribution in [0.1, 0.15) is 5.56 Å². The van der Waals surface area contributed by atoms with Crippen LogP contribution in [-0.4, -0.2) is 11.9 Å². The molecule has 13 heteroatoms. The summed E-state index contributed by atoms with van der Waals surface area (Å²) in [6, 6.07) is 1.83. The lowest BCUT2D eigenvalue weighted by Gasteiger charge is -2.13. The van der Waals surface area contributed by atoms with Gasteiger partial charge in [-0.15, -0.1) is 0 Å². The molecule has 150 valence electrons. The van der Waals surface area contributed by atoms with Crippen LogP contribution < -0.4 is 21.9 Å². The summed E-state index contributed by atoms with van der Waals surface area (Å²) >= 11 is 2.90. The van der Waals surface area contributed by atoms with Crippen molar-refractivity contribution in [2.24, 2.45) is 27.2 Å². The number of aliphatic imine (C=N–C) groups is 2. The van der Waals surface area contributed by atoms with E-state index in [0.29, 0.717) is 0 Å². The van der Waals surface area contributed by atoms with Gasteiger partial charge in [-0.05, 0) is 34.1 Å². The van der Waals surface area contributed by atoms with Gasteiger partial charge in [-0.1, -0.05) is 0 Å². The highest BCUT2D eigenvalue weighted by molar-refractivity contribution is 9.10. The first kappa shape index (κ1) is 21.3. The summed E-state index contributed by atoms with van der Waals surface area (Å²) in [6.45, 7) is 0. The van der Waals surface area contributed by atoms with Gasteiger partial charge in [-0.3, -0.25) is 0 Å². The minimum Gasteiger partial charge on any atom is -0.450 e. The molecule has 28 heavy (non-hydrogen) atoms. The topological polar surface area (TPSA) is 112 Å². The molecule has 0 heterocycles. The molecule has 0 spiro atoms. The van der Waals surface area contributed by atoms with Crippen LogP contribution in [0, 0.1) is 17.5 Å². The van der Waals surface area contributed by atoms with Crippen LogP contribution >= 0.6 is 15.9 Å². The average molecular weight is 470 g/mol. The van der Waals surface area contributed by atoms with Gasteiger partial charge >= 0.3 is 6.18 Å². The fourth-order valence-corrected chi connectivity index (χ4v) is 2.29. The zero-order valence-electron chi connectivity index (χ0n) is 13.5. The van der Waals surface area contributed by atoms with Crippen molar-refractivity contribution < 1.29 is 31.1 Å². The van der Waals surface area contributed by atoms with Gasteiger partial charge in [-0.2, -0.15) is 18.2 Å². The van der Waals surface area contributed by atoms with Gasteiger partial charge in [0, 0.05) is 6.07 Å². The molecule has 0 radical (unpaired) electrons. The molecule has 0 saturated carbocycles. The van der Waals surface area contributed by atoms with Crippen molar-refractivity contribution in [1.82, 2.24) is 0 Å². The van der Waals surface area contributed by atoms with Crippen LogP contribution in [0.4, 0.5) is 32.0 Å². The summed E-state index contributed by atoms with van der Waals surface area (Å²) in [5.41, 5.74) is 13.6. The largest absolute Gasteiger partial charge is 0.450 e. The van der Waals surface area contributed by atoms with Crippen molar-refractivity contribution in [1.29, 1.82) is 0 Å². The summed E-state index contributed by atoms with van der Waals surface area (Å²) in [7, 11) is 0. The molecule has 0 aliphatic heterocycles. The Morgan fingerprint density at radius 1 is 0.929 bits per heavy atom. The number of nitrogens with zero attached hydrogens (tertiary/aromatic N) is 2. The minimum absolute atomic E-state index is 0.0611. The lowest BCUT2D eigenvalue weighted by atomic mass is 10.2. The Morgan fingerprint density at radius 2 is 1.50 bits per heavy atom. The van der Waals surface area contributed by atoms with E-state index in [2.05, 4.69) is 25.9 Å². The Labute approximate surface area is 161 Å². The second-order valence-electron chi connectivity index (χ2n) is 5.11. The number of alkyl halides is 3. The molecule has 0 bridgehead atoms. The molecule has 0 atom stereocenters. The monoisotopic (exact) mass is 469 g/mol. The first-order chi connectivity index (χ1) is 12.9. The Hall–Kier alpha value is -2.96. The lowest BCUT2D eigenvalue weighted by Crippen LogP contribution is -2.26. The second kappa shape index (κ2) is 7.96. The highest BCUT2D eigenvalue weighted by Gasteiger charge is 2.33. The molecular weight excluding hydrogens is 460 g/mol. The number of hydrogen-bond acceptors (Lipinski definition) is 2. The van der Waals surface area contributed by atoms with Crippen LogP contribution in [0.5, 0.6) is 11.5 Å². The Balaban J connectivity index is 2.48. The number of nitrogens with two attached hydrogens (primary N) is 3. The molecule has 2 aromatic rings. The molecule has 6 N–H and O–H groups in total. The highest BCUT2D eigenvalue weighted by atomic mass is 79.9. The van der Waals surface area contributed by atoms with Crippen molar-refractivity contribution >= 4 is 33.5 Å². The molecule has 0 aromatic heterocycles. The van der Waals surface area contributed by atoms with E-state index >= 15 is 0 Å². The minimum atomic E-state index is -4.96. The highest BCUT2D eigenvalue weighted by Crippen LogP contribution is 2.39. The number of hydrogen-bond donors (Lipinski definition) is 3. The van der Waals surface area contributed by atoms with Gasteiger partial charge in [0.2, 0.25) is 5.96 Å². The molecule has 0 saturated heterocycles. The van der Waals surface area contributed by atoms with Gasteiger partial charge in [0.05, 0.1) is 10.0 Å². The molecule has 2 aromatic carbocycles. The first-order valence-corrected chi connectivity index (χ1v) is 7.84. The third-order valence-electron chi connectivity index (χ3n) is 3.02. The molecule has 2 rings (SSSR count). The van der Waals surface area contributed by atoms with Crippen molar-refractivity contribution in [3.63, 3.8) is 0 Å². The second-order valence-corrected chi connectivity index (χ2v) is 5.96. The summed E-state index contributed by atoms with van der Waals surface area (Å²) < 4.78 is 84.5. The van der Waals surface area contributed by atoms with E-state index in [1.165, 1.54) is 0 Å². The van der Waals surface area contributed by atoms with Gasteiger partial charge < -0.3 is 21.9 Å². The molecule has 0 aliphatic rings. The van der Waals surface area contributed by atoms with Crippen LogP contribution in [-0.2, 0) is 6.18 Å². The molecule has 0 fully saturated rings. The molecule has 0 amide bonds. The first-order valence-electron chi connectivity index (χ1n) is 7.05. The Kier molecular flexibility index (Phi) is 6.07. The molecule has 0 aliphatic carbocycles. The Bertz CT molecular complexity index is 949. The van der Waals surface area contributed by atoms with Gasteiger partial charge in [0.1, 0.15) is 17.3 Å². The standard InChI is InChI=1S/C15H10BrF6N5O/c16-6-3-7(17)10(26-14(25)27-13(23)24)4-11(6)28-12-8(18)1-5(2-9(12)19)15(20,21)22/h1-4H,(H6,23,24,25,26,27). The van der Waals surface area contributed by atoms with Crippen molar-refractivity contribution in [2.45, 2.75) is 6.18 Å². The quantitative estimate of drug-likeness (QED) is 0.359. The van der Waals surface area contributed by atoms with Crippen LogP contribution in [0.3, 0.4) is 0 Å². The van der Waals surface area contributed by atoms with E-state index in [-0.39, 0.29) is 22.4 Å². The summed E-state index contributed by atoms with van der Waals surface area (Å²) in [5.74, 6) is -6.64. The molecule has 0 unspecified atom stereocenters. The maximum atomic E-state index is 14.0. The van der Waals surface area contributed by atoms with E-state index in [0.717, 1.165) is 12.1 Å². The van der Waals surface area contributed by atoms with Gasteiger partial charge in [0.15, 0.2) is 23.3 Å². The lowest BCUT2D eigenvalue weighted by molar-refractivity contribution is -0.138. The fraction of sp³-hybridized carbons (Fsp3) is 0.0667. The van der Waals surface area contributed by atoms with Crippen LogP contribution in [0.15, 0.2) is 38.7 Å². The van der Waals surface area contributed by atoms with Gasteiger partial charge in [-0.25, -0.2) is 18.2 Å². The predicted molar refractivity (Wildman–Crippen MR) is 92.6 cm³/mol. The van der Waals surface area contributed by atoms with Crippen LogP contribution in [0.25, 0.3) is 0 Å². The zero-order valence-corrected chi connectivity index (χ0v) is 15.1. The normalized spacial score (nSPS) is 12.0. The van der Waals surface area contributed by atoms with E-state index in [9.17, 15) is 26.3 Å². The van der Waals surface area contributed by atoms with E-state index in [1.54, 1.807) is 0 Å². The average Bonchev–Trinajstić information content (AvgIpc) is 2.52. The smallest absolute Gasteiger partial charge is 0.416 e. The zero-order chi connectivity index (χ0) is 21.2. The van der Waals surface area contributed by atoms with E-state index in [4.69, 9.17) is 21.9 Å². The summed E-state index contributed by atoms with van der Waals surface area (Å²) in [5, 5.41) is 0. The maximum absolute atomic E-state index is 14.0. The van der Waals surface area contributed by atoms with Crippen molar-refractivity contribution in [3.8, 4) is 11.5 Å². The fourth-order valence-electron chi connectivity index (χ4n) is 1.89. The number of ether oxygens (including phenoxy) is 1. The summed E-state index contributed by atoms with van der Waals surface area (Å²) in [4.78, 5) is 6.93. The number of halogens is 7.